The van der Waals surface area contributed by atoms with Gasteiger partial charge in [0.2, 0.25) is 5.91 Å². The Morgan fingerprint density at radius 3 is 2.81 bits per heavy atom. The summed E-state index contributed by atoms with van der Waals surface area (Å²) in [6, 6.07) is 12.4. The standard InChI is InChI=1S/C19H16Cl2N2O3/c1-25-16-7-6-12(20)10-15(16)23-18(24)8-9-19-22-11-17(26-19)13-4-2-3-5-14(13)21/h2-7,10-11H,8-9H2,1H3,(H,23,24). The van der Waals surface area contributed by atoms with Crippen LogP contribution in [0.4, 0.5) is 5.69 Å². The summed E-state index contributed by atoms with van der Waals surface area (Å²) in [5.41, 5.74) is 1.29. The molecule has 5 nitrogen and oxygen atoms in total. The van der Waals surface area contributed by atoms with Crippen LogP contribution >= 0.6 is 23.2 Å². The number of carbonyl (C=O) groups excluding carboxylic acids is 1. The molecule has 3 rings (SSSR count). The SMILES string of the molecule is COc1ccc(Cl)cc1NC(=O)CCc1ncc(-c2ccccc2Cl)o1. The van der Waals surface area contributed by atoms with Crippen LogP contribution in [-0.4, -0.2) is 18.0 Å². The molecular formula is C19H16Cl2N2O3. The first-order valence-corrected chi connectivity index (χ1v) is 8.65. The van der Waals surface area contributed by atoms with Gasteiger partial charge in [0.1, 0.15) is 5.75 Å². The smallest absolute Gasteiger partial charge is 0.224 e. The zero-order valence-electron chi connectivity index (χ0n) is 14.0. The average Bonchev–Trinajstić information content (AvgIpc) is 3.09. The van der Waals surface area contributed by atoms with Crippen molar-refractivity contribution in [3.63, 3.8) is 0 Å². The van der Waals surface area contributed by atoms with Crippen molar-refractivity contribution in [2.75, 3.05) is 12.4 Å². The van der Waals surface area contributed by atoms with Crippen molar-refractivity contribution in [2.24, 2.45) is 0 Å². The molecule has 7 heteroatoms. The van der Waals surface area contributed by atoms with Crippen molar-refractivity contribution in [1.29, 1.82) is 0 Å². The molecule has 134 valence electrons. The van der Waals surface area contributed by atoms with Crippen LogP contribution in [0.3, 0.4) is 0 Å². The van der Waals surface area contributed by atoms with E-state index < -0.39 is 0 Å². The molecule has 0 fully saturated rings. The van der Waals surface area contributed by atoms with Crippen molar-refractivity contribution in [3.05, 3.63) is 64.6 Å². The molecule has 26 heavy (non-hydrogen) atoms. The van der Waals surface area contributed by atoms with Crippen molar-refractivity contribution in [2.45, 2.75) is 12.8 Å². The molecule has 1 heterocycles. The molecule has 0 saturated heterocycles. The number of nitrogens with one attached hydrogen (secondary N) is 1. The molecule has 0 saturated carbocycles. The largest absolute Gasteiger partial charge is 0.495 e. The molecule has 1 N–H and O–H groups in total. The van der Waals surface area contributed by atoms with Gasteiger partial charge < -0.3 is 14.5 Å². The summed E-state index contributed by atoms with van der Waals surface area (Å²) in [5.74, 6) is 1.39. The normalized spacial score (nSPS) is 10.6. The number of halogens is 2. The van der Waals surface area contributed by atoms with E-state index in [1.54, 1.807) is 30.5 Å². The van der Waals surface area contributed by atoms with Gasteiger partial charge in [0.05, 0.1) is 24.0 Å². The molecule has 1 amide bonds. The molecule has 0 spiro atoms. The van der Waals surface area contributed by atoms with Gasteiger partial charge in [-0.05, 0) is 30.3 Å². The summed E-state index contributed by atoms with van der Waals surface area (Å²) in [5, 5.41) is 3.88. The predicted octanol–water partition coefficient (Wildman–Crippen LogP) is 5.23. The van der Waals surface area contributed by atoms with E-state index >= 15 is 0 Å². The van der Waals surface area contributed by atoms with E-state index in [-0.39, 0.29) is 12.3 Å². The lowest BCUT2D eigenvalue weighted by Crippen LogP contribution is -2.13. The molecule has 0 aliphatic heterocycles. The topological polar surface area (TPSA) is 64.4 Å². The van der Waals surface area contributed by atoms with Gasteiger partial charge in [0.25, 0.3) is 0 Å². The Kier molecular flexibility index (Phi) is 5.81. The van der Waals surface area contributed by atoms with Gasteiger partial charge in [-0.2, -0.15) is 0 Å². The maximum absolute atomic E-state index is 12.2. The Labute approximate surface area is 160 Å². The number of aromatic nitrogens is 1. The third kappa shape index (κ3) is 4.36. The fourth-order valence-corrected chi connectivity index (χ4v) is 2.82. The molecule has 0 unspecified atom stereocenters. The number of oxazole rings is 1. The van der Waals surface area contributed by atoms with Gasteiger partial charge in [-0.15, -0.1) is 0 Å². The average molecular weight is 391 g/mol. The first-order valence-electron chi connectivity index (χ1n) is 7.90. The van der Waals surface area contributed by atoms with Crippen LogP contribution in [0.1, 0.15) is 12.3 Å². The molecular weight excluding hydrogens is 375 g/mol. The van der Waals surface area contributed by atoms with Crippen LogP contribution in [0.15, 0.2) is 53.1 Å². The third-order valence-electron chi connectivity index (χ3n) is 3.69. The first kappa shape index (κ1) is 18.3. The number of ether oxygens (including phenoxy) is 1. The molecule has 0 aliphatic carbocycles. The van der Waals surface area contributed by atoms with Crippen molar-refractivity contribution < 1.29 is 13.9 Å². The van der Waals surface area contributed by atoms with E-state index in [4.69, 9.17) is 32.4 Å². The zero-order chi connectivity index (χ0) is 18.5. The summed E-state index contributed by atoms with van der Waals surface area (Å²) >= 11 is 12.1. The van der Waals surface area contributed by atoms with Gasteiger partial charge in [0, 0.05) is 23.4 Å². The lowest BCUT2D eigenvalue weighted by atomic mass is 10.2. The highest BCUT2D eigenvalue weighted by molar-refractivity contribution is 6.33. The van der Waals surface area contributed by atoms with E-state index in [0.29, 0.717) is 39.6 Å². The van der Waals surface area contributed by atoms with E-state index in [1.165, 1.54) is 7.11 Å². The van der Waals surface area contributed by atoms with Gasteiger partial charge in [0.15, 0.2) is 11.7 Å². The minimum Gasteiger partial charge on any atom is -0.495 e. The number of benzene rings is 2. The summed E-state index contributed by atoms with van der Waals surface area (Å²) in [7, 11) is 1.53. The maximum Gasteiger partial charge on any atom is 0.224 e. The maximum atomic E-state index is 12.2. The van der Waals surface area contributed by atoms with Crippen LogP contribution in [0, 0.1) is 0 Å². The van der Waals surface area contributed by atoms with Crippen LogP contribution in [0.25, 0.3) is 11.3 Å². The van der Waals surface area contributed by atoms with Crippen molar-refractivity contribution >= 4 is 34.8 Å². The Morgan fingerprint density at radius 2 is 2.04 bits per heavy atom. The van der Waals surface area contributed by atoms with Gasteiger partial charge >= 0.3 is 0 Å². The van der Waals surface area contributed by atoms with Crippen LogP contribution in [0.2, 0.25) is 10.0 Å². The molecule has 0 atom stereocenters. The summed E-state index contributed by atoms with van der Waals surface area (Å²) in [4.78, 5) is 16.4. The number of anilines is 1. The molecule has 2 aromatic carbocycles. The molecule has 0 radical (unpaired) electrons. The number of amides is 1. The Morgan fingerprint density at radius 1 is 1.23 bits per heavy atom. The number of hydrogen-bond donors (Lipinski definition) is 1. The zero-order valence-corrected chi connectivity index (χ0v) is 15.5. The van der Waals surface area contributed by atoms with Gasteiger partial charge in [-0.25, -0.2) is 4.98 Å². The number of carbonyl (C=O) groups is 1. The second kappa shape index (κ2) is 8.25. The third-order valence-corrected chi connectivity index (χ3v) is 4.26. The molecule has 0 aliphatic rings. The van der Waals surface area contributed by atoms with Crippen LogP contribution in [-0.2, 0) is 11.2 Å². The minimum atomic E-state index is -0.192. The summed E-state index contributed by atoms with van der Waals surface area (Å²) in [6.45, 7) is 0. The molecule has 1 aromatic heterocycles. The first-order chi connectivity index (χ1) is 12.6. The number of rotatable bonds is 6. The predicted molar refractivity (Wildman–Crippen MR) is 102 cm³/mol. The van der Waals surface area contributed by atoms with E-state index in [1.807, 2.05) is 18.2 Å². The minimum absolute atomic E-state index is 0.192. The second-order valence-corrected chi connectivity index (χ2v) is 6.33. The highest BCUT2D eigenvalue weighted by Gasteiger charge is 2.12. The summed E-state index contributed by atoms with van der Waals surface area (Å²) in [6.07, 6.45) is 2.17. The van der Waals surface area contributed by atoms with Crippen molar-refractivity contribution in [3.8, 4) is 17.1 Å². The molecule has 0 bridgehead atoms. The van der Waals surface area contributed by atoms with Crippen LogP contribution < -0.4 is 10.1 Å². The molecule has 3 aromatic rings. The van der Waals surface area contributed by atoms with Gasteiger partial charge in [-0.1, -0.05) is 35.3 Å². The number of methoxy groups -OCH3 is 1. The number of aryl methyl sites for hydroxylation is 1. The van der Waals surface area contributed by atoms with Crippen LogP contribution in [0.5, 0.6) is 5.75 Å². The monoisotopic (exact) mass is 390 g/mol. The van der Waals surface area contributed by atoms with E-state index in [9.17, 15) is 4.79 Å². The number of nitrogens with zero attached hydrogens (tertiary/aromatic N) is 1. The Bertz CT molecular complexity index is 925. The van der Waals surface area contributed by atoms with Gasteiger partial charge in [-0.3, -0.25) is 4.79 Å². The fourth-order valence-electron chi connectivity index (χ4n) is 2.42. The highest BCUT2D eigenvalue weighted by atomic mass is 35.5. The van der Waals surface area contributed by atoms with E-state index in [0.717, 1.165) is 5.56 Å². The second-order valence-electron chi connectivity index (χ2n) is 5.49. The Balaban J connectivity index is 1.62. The Hall–Kier alpha value is -2.50. The number of hydrogen-bond acceptors (Lipinski definition) is 4. The van der Waals surface area contributed by atoms with E-state index in [2.05, 4.69) is 10.3 Å². The highest BCUT2D eigenvalue weighted by Crippen LogP contribution is 2.29. The fraction of sp³-hybridized carbons (Fsp3) is 0.158. The lowest BCUT2D eigenvalue weighted by molar-refractivity contribution is -0.116. The summed E-state index contributed by atoms with van der Waals surface area (Å²) < 4.78 is 10.9. The lowest BCUT2D eigenvalue weighted by Gasteiger charge is -2.10. The van der Waals surface area contributed by atoms with Crippen molar-refractivity contribution in [1.82, 2.24) is 4.98 Å². The quantitative estimate of drug-likeness (QED) is 0.625.